The Morgan fingerprint density at radius 2 is 2.00 bits per heavy atom. The summed E-state index contributed by atoms with van der Waals surface area (Å²) in [5.74, 6) is 0.347. The van der Waals surface area contributed by atoms with Crippen LogP contribution in [-0.2, 0) is 14.3 Å². The van der Waals surface area contributed by atoms with Crippen LogP contribution in [0.2, 0.25) is 0 Å². The van der Waals surface area contributed by atoms with E-state index in [0.29, 0.717) is 31.7 Å². The molecule has 0 aliphatic carbocycles. The number of likely N-dealkylation sites (tertiary alicyclic amines) is 1. The van der Waals surface area contributed by atoms with Crippen molar-refractivity contribution in [2.45, 2.75) is 19.8 Å². The van der Waals surface area contributed by atoms with Crippen LogP contribution in [0, 0.1) is 12.8 Å². The minimum Gasteiger partial charge on any atom is -0.484 e. The zero-order valence-electron chi connectivity index (χ0n) is 12.8. The van der Waals surface area contributed by atoms with Gasteiger partial charge < -0.3 is 14.4 Å². The summed E-state index contributed by atoms with van der Waals surface area (Å²) in [5, 5.41) is 0. The Kier molecular flexibility index (Phi) is 5.83. The van der Waals surface area contributed by atoms with Gasteiger partial charge in [-0.15, -0.1) is 0 Å². The van der Waals surface area contributed by atoms with E-state index in [1.54, 1.807) is 4.90 Å². The van der Waals surface area contributed by atoms with Gasteiger partial charge >= 0.3 is 5.97 Å². The van der Waals surface area contributed by atoms with Crippen molar-refractivity contribution in [3.8, 4) is 5.75 Å². The summed E-state index contributed by atoms with van der Waals surface area (Å²) in [6.45, 7) is 3.13. The lowest BCUT2D eigenvalue weighted by Crippen LogP contribution is -2.42. The molecule has 1 saturated heterocycles. The predicted molar refractivity (Wildman–Crippen MR) is 85.7 cm³/mol. The van der Waals surface area contributed by atoms with Crippen molar-refractivity contribution in [2.75, 3.05) is 26.8 Å². The smallest absolute Gasteiger partial charge is 0.308 e. The van der Waals surface area contributed by atoms with Gasteiger partial charge in [-0.25, -0.2) is 0 Å². The van der Waals surface area contributed by atoms with E-state index >= 15 is 0 Å². The summed E-state index contributed by atoms with van der Waals surface area (Å²) in [7, 11) is 1.40. The minimum absolute atomic E-state index is 0.0178. The first-order valence-corrected chi connectivity index (χ1v) is 8.05. The molecule has 5 nitrogen and oxygen atoms in total. The van der Waals surface area contributed by atoms with Gasteiger partial charge in [0.1, 0.15) is 5.75 Å². The van der Waals surface area contributed by atoms with Crippen LogP contribution in [0.3, 0.4) is 0 Å². The zero-order chi connectivity index (χ0) is 16.1. The Hall–Kier alpha value is -1.56. The number of esters is 1. The molecule has 6 heteroatoms. The molecule has 120 valence electrons. The summed E-state index contributed by atoms with van der Waals surface area (Å²) < 4.78 is 11.3. The average Bonchev–Trinajstić information content (AvgIpc) is 2.55. The molecular formula is C16H20BrNO4. The van der Waals surface area contributed by atoms with Gasteiger partial charge in [-0.2, -0.15) is 0 Å². The second-order valence-electron chi connectivity index (χ2n) is 5.38. The molecule has 1 aliphatic heterocycles. The summed E-state index contributed by atoms with van der Waals surface area (Å²) in [5.41, 5.74) is 1.06. The Bertz CT molecular complexity index is 553. The third-order valence-electron chi connectivity index (χ3n) is 3.87. The normalized spacial score (nSPS) is 15.5. The number of piperidine rings is 1. The average molecular weight is 370 g/mol. The largest absolute Gasteiger partial charge is 0.484 e. The van der Waals surface area contributed by atoms with Gasteiger partial charge in [0.25, 0.3) is 5.91 Å². The highest BCUT2D eigenvalue weighted by atomic mass is 79.9. The van der Waals surface area contributed by atoms with E-state index in [-0.39, 0.29) is 24.4 Å². The monoisotopic (exact) mass is 369 g/mol. The molecule has 0 aromatic heterocycles. The van der Waals surface area contributed by atoms with Crippen LogP contribution in [-0.4, -0.2) is 43.6 Å². The molecule has 1 aromatic carbocycles. The van der Waals surface area contributed by atoms with Crippen LogP contribution >= 0.6 is 15.9 Å². The molecule has 0 saturated carbocycles. The number of hydrogen-bond donors (Lipinski definition) is 0. The lowest BCUT2D eigenvalue weighted by Gasteiger charge is -2.30. The molecule has 2 rings (SSSR count). The maximum atomic E-state index is 12.1. The molecule has 1 amide bonds. The summed E-state index contributed by atoms with van der Waals surface area (Å²) in [6.07, 6.45) is 1.30. The van der Waals surface area contributed by atoms with Crippen LogP contribution in [0.4, 0.5) is 0 Å². The van der Waals surface area contributed by atoms with Crippen molar-refractivity contribution < 1.29 is 19.1 Å². The number of aryl methyl sites for hydroxylation is 1. The summed E-state index contributed by atoms with van der Waals surface area (Å²) >= 11 is 3.43. The first-order chi connectivity index (χ1) is 10.5. The Labute approximate surface area is 138 Å². The van der Waals surface area contributed by atoms with Gasteiger partial charge in [-0.3, -0.25) is 9.59 Å². The highest BCUT2D eigenvalue weighted by Crippen LogP contribution is 2.22. The van der Waals surface area contributed by atoms with Crippen molar-refractivity contribution in [1.82, 2.24) is 4.90 Å². The van der Waals surface area contributed by atoms with E-state index in [1.807, 2.05) is 25.1 Å². The topological polar surface area (TPSA) is 55.8 Å². The molecule has 1 fully saturated rings. The first kappa shape index (κ1) is 16.8. The Balaban J connectivity index is 1.81. The fraction of sp³-hybridized carbons (Fsp3) is 0.500. The fourth-order valence-electron chi connectivity index (χ4n) is 2.47. The number of ether oxygens (including phenoxy) is 2. The van der Waals surface area contributed by atoms with Gasteiger partial charge in [0.05, 0.1) is 13.0 Å². The molecule has 0 atom stereocenters. The van der Waals surface area contributed by atoms with Gasteiger partial charge in [-0.1, -0.05) is 15.9 Å². The molecule has 1 aromatic rings. The number of carbonyl (C=O) groups is 2. The van der Waals surface area contributed by atoms with E-state index in [4.69, 9.17) is 9.47 Å². The van der Waals surface area contributed by atoms with Crippen molar-refractivity contribution >= 4 is 27.8 Å². The molecule has 1 aliphatic rings. The second-order valence-corrected chi connectivity index (χ2v) is 6.23. The first-order valence-electron chi connectivity index (χ1n) is 7.26. The fourth-order valence-corrected chi connectivity index (χ4v) is 2.72. The van der Waals surface area contributed by atoms with E-state index < -0.39 is 0 Å². The van der Waals surface area contributed by atoms with Crippen LogP contribution in [0.5, 0.6) is 5.75 Å². The molecule has 0 spiro atoms. The Morgan fingerprint density at radius 3 is 2.59 bits per heavy atom. The third kappa shape index (κ3) is 4.22. The number of rotatable bonds is 4. The lowest BCUT2D eigenvalue weighted by molar-refractivity contribution is -0.149. The van der Waals surface area contributed by atoms with Crippen LogP contribution in [0.15, 0.2) is 22.7 Å². The van der Waals surface area contributed by atoms with Gasteiger partial charge in [-0.05, 0) is 43.5 Å². The molecular weight excluding hydrogens is 350 g/mol. The molecule has 0 unspecified atom stereocenters. The van der Waals surface area contributed by atoms with Gasteiger partial charge in [0, 0.05) is 17.6 Å². The molecule has 0 bridgehead atoms. The number of halogens is 1. The van der Waals surface area contributed by atoms with E-state index in [1.165, 1.54) is 7.11 Å². The van der Waals surface area contributed by atoms with Crippen molar-refractivity contribution in [1.29, 1.82) is 0 Å². The molecule has 0 N–H and O–H groups in total. The van der Waals surface area contributed by atoms with Crippen LogP contribution in [0.1, 0.15) is 18.4 Å². The minimum atomic E-state index is -0.186. The quantitative estimate of drug-likeness (QED) is 0.765. The van der Waals surface area contributed by atoms with Gasteiger partial charge in [0.15, 0.2) is 6.61 Å². The second kappa shape index (κ2) is 7.63. The third-order valence-corrected chi connectivity index (χ3v) is 4.76. The van der Waals surface area contributed by atoms with Crippen molar-refractivity contribution in [3.05, 3.63) is 28.2 Å². The maximum absolute atomic E-state index is 12.1. The lowest BCUT2D eigenvalue weighted by atomic mass is 9.97. The standard InChI is InChI=1S/C16H20BrNO4/c1-11-9-13(3-4-14(11)17)22-10-15(19)18-7-5-12(6-8-18)16(20)21-2/h3-4,9,12H,5-8,10H2,1-2H3. The highest BCUT2D eigenvalue weighted by molar-refractivity contribution is 9.10. The predicted octanol–water partition coefficient (Wildman–Crippen LogP) is 2.55. The number of carbonyl (C=O) groups excluding carboxylic acids is 2. The van der Waals surface area contributed by atoms with E-state index in [2.05, 4.69) is 15.9 Å². The number of benzene rings is 1. The van der Waals surface area contributed by atoms with Crippen molar-refractivity contribution in [3.63, 3.8) is 0 Å². The Morgan fingerprint density at radius 1 is 1.32 bits per heavy atom. The van der Waals surface area contributed by atoms with Crippen LogP contribution in [0.25, 0.3) is 0 Å². The maximum Gasteiger partial charge on any atom is 0.308 e. The number of nitrogens with zero attached hydrogens (tertiary/aromatic N) is 1. The zero-order valence-corrected chi connectivity index (χ0v) is 14.4. The number of methoxy groups -OCH3 is 1. The van der Waals surface area contributed by atoms with Crippen molar-refractivity contribution in [2.24, 2.45) is 5.92 Å². The number of hydrogen-bond acceptors (Lipinski definition) is 4. The molecule has 22 heavy (non-hydrogen) atoms. The van der Waals surface area contributed by atoms with E-state index in [0.717, 1.165) is 10.0 Å². The summed E-state index contributed by atoms with van der Waals surface area (Å²) in [4.78, 5) is 25.3. The van der Waals surface area contributed by atoms with Crippen LogP contribution < -0.4 is 4.74 Å². The van der Waals surface area contributed by atoms with E-state index in [9.17, 15) is 9.59 Å². The molecule has 1 heterocycles. The van der Waals surface area contributed by atoms with Gasteiger partial charge in [0.2, 0.25) is 0 Å². The number of amides is 1. The SMILES string of the molecule is COC(=O)C1CCN(C(=O)COc2ccc(Br)c(C)c2)CC1. The summed E-state index contributed by atoms with van der Waals surface area (Å²) in [6, 6.07) is 5.62. The molecule has 0 radical (unpaired) electrons. The highest BCUT2D eigenvalue weighted by Gasteiger charge is 2.27.